The lowest BCUT2D eigenvalue weighted by molar-refractivity contribution is 0.897. The highest BCUT2D eigenvalue weighted by atomic mass is 14.7. The SMILES string of the molecule is c1cnc2c(c1)Cc1cccnc1C2. The van der Waals surface area contributed by atoms with E-state index in [-0.39, 0.29) is 0 Å². The molecular formula is C12H10N2. The number of aromatic nitrogens is 2. The second-order valence-corrected chi connectivity index (χ2v) is 3.57. The predicted octanol–water partition coefficient (Wildman–Crippen LogP) is 1.97. The van der Waals surface area contributed by atoms with Gasteiger partial charge in [-0.25, -0.2) is 0 Å². The number of rotatable bonds is 0. The van der Waals surface area contributed by atoms with Gasteiger partial charge in [0.1, 0.15) is 0 Å². The molecule has 0 amide bonds. The largest absolute Gasteiger partial charge is 0.261 e. The second-order valence-electron chi connectivity index (χ2n) is 3.57. The lowest BCUT2D eigenvalue weighted by Gasteiger charge is -2.16. The molecule has 2 heterocycles. The molecule has 0 radical (unpaired) electrons. The van der Waals surface area contributed by atoms with Crippen molar-refractivity contribution in [3.8, 4) is 0 Å². The standard InChI is InChI=1S/C12H10N2/c1-3-9-7-10-4-2-6-14-12(10)8-11(9)13-5-1/h1-6H,7-8H2. The first kappa shape index (κ1) is 7.68. The Morgan fingerprint density at radius 1 is 0.786 bits per heavy atom. The first-order valence-corrected chi connectivity index (χ1v) is 4.79. The van der Waals surface area contributed by atoms with E-state index in [0.717, 1.165) is 12.8 Å². The monoisotopic (exact) mass is 182 g/mol. The molecule has 2 nitrogen and oxygen atoms in total. The maximum atomic E-state index is 4.38. The second kappa shape index (κ2) is 2.91. The lowest BCUT2D eigenvalue weighted by Crippen LogP contribution is -2.10. The van der Waals surface area contributed by atoms with E-state index in [1.54, 1.807) is 0 Å². The minimum absolute atomic E-state index is 0.881. The van der Waals surface area contributed by atoms with Gasteiger partial charge in [-0.15, -0.1) is 0 Å². The number of nitrogens with zero attached hydrogens (tertiary/aromatic N) is 2. The smallest absolute Gasteiger partial charge is 0.0498 e. The summed E-state index contributed by atoms with van der Waals surface area (Å²) in [5.41, 5.74) is 5.04. The first-order valence-electron chi connectivity index (χ1n) is 4.79. The number of fused-ring (bicyclic) bond motifs is 2. The highest BCUT2D eigenvalue weighted by Gasteiger charge is 2.15. The molecule has 14 heavy (non-hydrogen) atoms. The molecule has 2 aromatic heterocycles. The van der Waals surface area contributed by atoms with Gasteiger partial charge in [-0.05, 0) is 23.3 Å². The fraction of sp³-hybridized carbons (Fsp3) is 0.167. The van der Waals surface area contributed by atoms with Crippen molar-refractivity contribution in [1.82, 2.24) is 9.97 Å². The average Bonchev–Trinajstić information content (AvgIpc) is 2.26. The fourth-order valence-corrected chi connectivity index (χ4v) is 1.95. The van der Waals surface area contributed by atoms with Crippen LogP contribution in [0.2, 0.25) is 0 Å². The van der Waals surface area contributed by atoms with Crippen LogP contribution in [0.25, 0.3) is 0 Å². The van der Waals surface area contributed by atoms with Crippen molar-refractivity contribution in [2.24, 2.45) is 0 Å². The molecule has 0 aliphatic heterocycles. The summed E-state index contributed by atoms with van der Waals surface area (Å²) < 4.78 is 0. The molecule has 0 N–H and O–H groups in total. The van der Waals surface area contributed by atoms with Gasteiger partial charge in [-0.3, -0.25) is 9.97 Å². The molecule has 0 spiro atoms. The van der Waals surface area contributed by atoms with E-state index >= 15 is 0 Å². The van der Waals surface area contributed by atoms with Crippen LogP contribution < -0.4 is 0 Å². The van der Waals surface area contributed by atoms with Crippen molar-refractivity contribution < 1.29 is 0 Å². The molecule has 0 atom stereocenters. The van der Waals surface area contributed by atoms with Crippen LogP contribution in [-0.4, -0.2) is 9.97 Å². The van der Waals surface area contributed by atoms with Crippen LogP contribution in [0, 0.1) is 0 Å². The summed E-state index contributed by atoms with van der Waals surface area (Å²) in [6.45, 7) is 0. The van der Waals surface area contributed by atoms with Crippen molar-refractivity contribution in [3.63, 3.8) is 0 Å². The Morgan fingerprint density at radius 2 is 1.36 bits per heavy atom. The Kier molecular flexibility index (Phi) is 1.60. The van der Waals surface area contributed by atoms with Gasteiger partial charge in [-0.2, -0.15) is 0 Å². The van der Waals surface area contributed by atoms with Crippen molar-refractivity contribution in [2.75, 3.05) is 0 Å². The molecule has 0 aromatic carbocycles. The van der Waals surface area contributed by atoms with Gasteiger partial charge in [0.05, 0.1) is 0 Å². The molecular weight excluding hydrogens is 172 g/mol. The molecule has 0 saturated carbocycles. The van der Waals surface area contributed by atoms with Crippen LogP contribution in [0.15, 0.2) is 36.7 Å². The highest BCUT2D eigenvalue weighted by molar-refractivity contribution is 5.38. The van der Waals surface area contributed by atoms with Gasteiger partial charge in [0.15, 0.2) is 0 Å². The molecule has 1 aliphatic rings. The highest BCUT2D eigenvalue weighted by Crippen LogP contribution is 2.23. The Morgan fingerprint density at radius 3 is 1.93 bits per heavy atom. The van der Waals surface area contributed by atoms with E-state index in [4.69, 9.17) is 0 Å². The van der Waals surface area contributed by atoms with E-state index in [0.29, 0.717) is 0 Å². The van der Waals surface area contributed by atoms with Gasteiger partial charge in [-0.1, -0.05) is 12.1 Å². The van der Waals surface area contributed by atoms with Crippen molar-refractivity contribution >= 4 is 0 Å². The Bertz CT molecular complexity index is 390. The topological polar surface area (TPSA) is 25.8 Å². The lowest BCUT2D eigenvalue weighted by atomic mass is 9.93. The molecule has 1 aliphatic carbocycles. The maximum absolute atomic E-state index is 4.38. The van der Waals surface area contributed by atoms with Crippen LogP contribution in [0.3, 0.4) is 0 Å². The molecule has 68 valence electrons. The number of pyridine rings is 2. The van der Waals surface area contributed by atoms with Gasteiger partial charge in [0.2, 0.25) is 0 Å². The summed E-state index contributed by atoms with van der Waals surface area (Å²) in [6.07, 6.45) is 5.57. The molecule has 0 unspecified atom stereocenters. The first-order chi connectivity index (χ1) is 6.93. The molecule has 0 fully saturated rings. The fourth-order valence-electron chi connectivity index (χ4n) is 1.95. The average molecular weight is 182 g/mol. The van der Waals surface area contributed by atoms with Crippen LogP contribution in [0.4, 0.5) is 0 Å². The van der Waals surface area contributed by atoms with Gasteiger partial charge < -0.3 is 0 Å². The molecule has 3 rings (SSSR count). The summed E-state index contributed by atoms with van der Waals surface area (Å²) >= 11 is 0. The number of hydrogen-bond acceptors (Lipinski definition) is 2. The van der Waals surface area contributed by atoms with E-state index in [1.807, 2.05) is 24.5 Å². The summed E-state index contributed by atoms with van der Waals surface area (Å²) in [7, 11) is 0. The van der Waals surface area contributed by atoms with Gasteiger partial charge >= 0.3 is 0 Å². The minimum atomic E-state index is 0.881. The van der Waals surface area contributed by atoms with Crippen LogP contribution in [0.5, 0.6) is 0 Å². The molecule has 0 bridgehead atoms. The summed E-state index contributed by atoms with van der Waals surface area (Å²) in [5.74, 6) is 0. The third kappa shape index (κ3) is 1.11. The Balaban J connectivity index is 2.12. The van der Waals surface area contributed by atoms with Crippen molar-refractivity contribution in [3.05, 3.63) is 59.2 Å². The van der Waals surface area contributed by atoms with E-state index < -0.39 is 0 Å². The van der Waals surface area contributed by atoms with E-state index in [2.05, 4.69) is 22.1 Å². The molecule has 0 saturated heterocycles. The number of hydrogen-bond donors (Lipinski definition) is 0. The van der Waals surface area contributed by atoms with Crippen LogP contribution in [-0.2, 0) is 12.8 Å². The molecule has 2 aromatic rings. The zero-order chi connectivity index (χ0) is 9.38. The molecule has 2 heteroatoms. The Hall–Kier alpha value is -1.70. The zero-order valence-corrected chi connectivity index (χ0v) is 7.77. The Labute approximate surface area is 82.7 Å². The summed E-state index contributed by atoms with van der Waals surface area (Å²) in [6, 6.07) is 8.30. The quantitative estimate of drug-likeness (QED) is 0.531. The predicted molar refractivity (Wildman–Crippen MR) is 54.1 cm³/mol. The van der Waals surface area contributed by atoms with E-state index in [1.165, 1.54) is 22.5 Å². The normalized spacial score (nSPS) is 13.1. The maximum Gasteiger partial charge on any atom is 0.0498 e. The van der Waals surface area contributed by atoms with Crippen LogP contribution >= 0.6 is 0 Å². The third-order valence-electron chi connectivity index (χ3n) is 2.68. The van der Waals surface area contributed by atoms with Crippen LogP contribution in [0.1, 0.15) is 22.5 Å². The third-order valence-corrected chi connectivity index (χ3v) is 2.68. The zero-order valence-electron chi connectivity index (χ0n) is 7.77. The van der Waals surface area contributed by atoms with Gasteiger partial charge in [0.25, 0.3) is 0 Å². The van der Waals surface area contributed by atoms with E-state index in [9.17, 15) is 0 Å². The van der Waals surface area contributed by atoms with Gasteiger partial charge in [0, 0.05) is 36.6 Å². The van der Waals surface area contributed by atoms with Crippen molar-refractivity contribution in [1.29, 1.82) is 0 Å². The summed E-state index contributed by atoms with van der Waals surface area (Å²) in [4.78, 5) is 8.76. The minimum Gasteiger partial charge on any atom is -0.261 e. The van der Waals surface area contributed by atoms with Crippen molar-refractivity contribution in [2.45, 2.75) is 12.8 Å². The summed E-state index contributed by atoms with van der Waals surface area (Å²) in [5, 5.41) is 0.